The minimum absolute atomic E-state index is 0. The minimum Gasteiger partial charge on any atom is -0.353 e. The SMILES string of the molecule is Cl.NCC(C(=O)NC1CCC1)c1ccccc1. The second kappa shape index (κ2) is 6.62. The summed E-state index contributed by atoms with van der Waals surface area (Å²) in [5.74, 6) is -0.139. The number of nitrogens with one attached hydrogen (secondary N) is 1. The van der Waals surface area contributed by atoms with Crippen molar-refractivity contribution in [2.24, 2.45) is 5.73 Å². The molecule has 1 aliphatic carbocycles. The molecule has 1 aliphatic rings. The van der Waals surface area contributed by atoms with Crippen molar-refractivity contribution in [3.8, 4) is 0 Å². The van der Waals surface area contributed by atoms with E-state index in [1.165, 1.54) is 6.42 Å². The van der Waals surface area contributed by atoms with Gasteiger partial charge in [-0.25, -0.2) is 0 Å². The summed E-state index contributed by atoms with van der Waals surface area (Å²) in [6.45, 7) is 0.364. The Kier molecular flexibility index (Phi) is 5.45. The Hall–Kier alpha value is -1.06. The summed E-state index contributed by atoms with van der Waals surface area (Å²) in [5, 5.41) is 3.05. The fourth-order valence-corrected chi connectivity index (χ4v) is 1.93. The molecule has 0 saturated heterocycles. The molecule has 1 amide bonds. The van der Waals surface area contributed by atoms with Crippen LogP contribution in [0.15, 0.2) is 30.3 Å². The molecule has 1 saturated carbocycles. The van der Waals surface area contributed by atoms with Crippen molar-refractivity contribution in [3.05, 3.63) is 35.9 Å². The molecule has 1 aromatic carbocycles. The number of nitrogens with two attached hydrogens (primary N) is 1. The Morgan fingerprint density at radius 2 is 2.00 bits per heavy atom. The van der Waals surface area contributed by atoms with Crippen molar-refractivity contribution in [2.45, 2.75) is 31.2 Å². The van der Waals surface area contributed by atoms with Crippen molar-refractivity contribution in [1.82, 2.24) is 5.32 Å². The summed E-state index contributed by atoms with van der Waals surface area (Å²) >= 11 is 0. The maximum Gasteiger partial charge on any atom is 0.229 e. The van der Waals surface area contributed by atoms with Gasteiger partial charge in [0.2, 0.25) is 5.91 Å². The molecule has 0 heterocycles. The smallest absolute Gasteiger partial charge is 0.229 e. The van der Waals surface area contributed by atoms with E-state index in [0.29, 0.717) is 12.6 Å². The van der Waals surface area contributed by atoms with Gasteiger partial charge in [0.15, 0.2) is 0 Å². The Labute approximate surface area is 108 Å². The van der Waals surface area contributed by atoms with Crippen LogP contribution in [0.5, 0.6) is 0 Å². The predicted octanol–water partition coefficient (Wildman–Crippen LogP) is 1.82. The van der Waals surface area contributed by atoms with E-state index >= 15 is 0 Å². The average molecular weight is 255 g/mol. The van der Waals surface area contributed by atoms with E-state index < -0.39 is 0 Å². The summed E-state index contributed by atoms with van der Waals surface area (Å²) < 4.78 is 0. The number of halogens is 1. The molecule has 1 fully saturated rings. The van der Waals surface area contributed by atoms with Crippen LogP contribution in [0.25, 0.3) is 0 Å². The van der Waals surface area contributed by atoms with Crippen LogP contribution in [0.1, 0.15) is 30.7 Å². The normalized spacial score (nSPS) is 16.5. The number of benzene rings is 1. The highest BCUT2D eigenvalue weighted by Gasteiger charge is 2.24. The van der Waals surface area contributed by atoms with Crippen LogP contribution in [0.4, 0.5) is 0 Å². The van der Waals surface area contributed by atoms with Gasteiger partial charge in [-0.2, -0.15) is 0 Å². The van der Waals surface area contributed by atoms with E-state index in [1.807, 2.05) is 30.3 Å². The zero-order valence-electron chi connectivity index (χ0n) is 9.76. The summed E-state index contributed by atoms with van der Waals surface area (Å²) in [5.41, 5.74) is 6.68. The molecule has 1 unspecified atom stereocenters. The van der Waals surface area contributed by atoms with E-state index in [0.717, 1.165) is 18.4 Å². The van der Waals surface area contributed by atoms with Gasteiger partial charge in [0.05, 0.1) is 5.92 Å². The maximum absolute atomic E-state index is 12.0. The second-order valence-electron chi connectivity index (χ2n) is 4.34. The first-order chi connectivity index (χ1) is 7.81. The fraction of sp³-hybridized carbons (Fsp3) is 0.462. The van der Waals surface area contributed by atoms with Gasteiger partial charge in [-0.05, 0) is 24.8 Å². The average Bonchev–Trinajstić information content (AvgIpc) is 2.26. The molecule has 94 valence electrons. The summed E-state index contributed by atoms with van der Waals surface area (Å²) in [4.78, 5) is 12.0. The standard InChI is InChI=1S/C13H18N2O.ClH/c14-9-12(10-5-2-1-3-6-10)13(16)15-11-7-4-8-11;/h1-3,5-6,11-12H,4,7-9,14H2,(H,15,16);1H. The molecule has 0 aromatic heterocycles. The molecule has 3 N–H and O–H groups in total. The van der Waals surface area contributed by atoms with Gasteiger partial charge in [0, 0.05) is 12.6 Å². The fourth-order valence-electron chi connectivity index (χ4n) is 1.93. The molecule has 0 aliphatic heterocycles. The molecule has 0 bridgehead atoms. The van der Waals surface area contributed by atoms with Gasteiger partial charge in [0.1, 0.15) is 0 Å². The van der Waals surface area contributed by atoms with Crippen LogP contribution in [-0.4, -0.2) is 18.5 Å². The predicted molar refractivity (Wildman–Crippen MR) is 71.3 cm³/mol. The van der Waals surface area contributed by atoms with Gasteiger partial charge in [-0.3, -0.25) is 4.79 Å². The van der Waals surface area contributed by atoms with Gasteiger partial charge in [0.25, 0.3) is 0 Å². The molecule has 3 nitrogen and oxygen atoms in total. The highest BCUT2D eigenvalue weighted by molar-refractivity contribution is 5.85. The third-order valence-corrected chi connectivity index (χ3v) is 3.21. The van der Waals surface area contributed by atoms with Crippen LogP contribution in [-0.2, 0) is 4.79 Å². The largest absolute Gasteiger partial charge is 0.353 e. The van der Waals surface area contributed by atoms with E-state index in [-0.39, 0.29) is 24.2 Å². The van der Waals surface area contributed by atoms with Crippen LogP contribution >= 0.6 is 12.4 Å². The van der Waals surface area contributed by atoms with Crippen molar-refractivity contribution in [1.29, 1.82) is 0 Å². The van der Waals surface area contributed by atoms with Gasteiger partial charge >= 0.3 is 0 Å². The Bertz CT molecular complexity index is 352. The molecule has 0 radical (unpaired) electrons. The molecule has 4 heteroatoms. The highest BCUT2D eigenvalue weighted by Crippen LogP contribution is 2.20. The summed E-state index contributed by atoms with van der Waals surface area (Å²) in [6, 6.07) is 10.1. The number of carbonyl (C=O) groups excluding carboxylic acids is 1. The number of carbonyl (C=O) groups is 1. The number of hydrogen-bond donors (Lipinski definition) is 2. The third kappa shape index (κ3) is 3.45. The lowest BCUT2D eigenvalue weighted by atomic mass is 9.91. The number of hydrogen-bond acceptors (Lipinski definition) is 2. The lowest BCUT2D eigenvalue weighted by Crippen LogP contribution is -2.43. The maximum atomic E-state index is 12.0. The summed E-state index contributed by atoms with van der Waals surface area (Å²) in [7, 11) is 0. The molecular formula is C13H19ClN2O. The van der Waals surface area contributed by atoms with Crippen LogP contribution < -0.4 is 11.1 Å². The van der Waals surface area contributed by atoms with Crippen molar-refractivity contribution >= 4 is 18.3 Å². The lowest BCUT2D eigenvalue weighted by molar-refractivity contribution is -0.123. The lowest BCUT2D eigenvalue weighted by Gasteiger charge is -2.28. The highest BCUT2D eigenvalue weighted by atomic mass is 35.5. The number of rotatable bonds is 4. The Morgan fingerprint density at radius 1 is 1.35 bits per heavy atom. The molecule has 0 spiro atoms. The van der Waals surface area contributed by atoms with Crippen molar-refractivity contribution in [3.63, 3.8) is 0 Å². The van der Waals surface area contributed by atoms with E-state index in [2.05, 4.69) is 5.32 Å². The van der Waals surface area contributed by atoms with Gasteiger partial charge < -0.3 is 11.1 Å². The molecule has 1 aromatic rings. The quantitative estimate of drug-likeness (QED) is 0.861. The van der Waals surface area contributed by atoms with Crippen LogP contribution in [0.3, 0.4) is 0 Å². The van der Waals surface area contributed by atoms with Crippen molar-refractivity contribution in [2.75, 3.05) is 6.54 Å². The van der Waals surface area contributed by atoms with E-state index in [1.54, 1.807) is 0 Å². The minimum atomic E-state index is -0.207. The van der Waals surface area contributed by atoms with E-state index in [9.17, 15) is 4.79 Å². The Morgan fingerprint density at radius 3 is 2.47 bits per heavy atom. The molecular weight excluding hydrogens is 236 g/mol. The topological polar surface area (TPSA) is 55.1 Å². The first-order valence-corrected chi connectivity index (χ1v) is 5.86. The molecule has 1 atom stereocenters. The zero-order valence-corrected chi connectivity index (χ0v) is 10.6. The second-order valence-corrected chi connectivity index (χ2v) is 4.34. The Balaban J connectivity index is 0.00000144. The summed E-state index contributed by atoms with van der Waals surface area (Å²) in [6.07, 6.45) is 3.44. The van der Waals surface area contributed by atoms with Crippen LogP contribution in [0, 0.1) is 0 Å². The first-order valence-electron chi connectivity index (χ1n) is 5.86. The zero-order chi connectivity index (χ0) is 11.4. The monoisotopic (exact) mass is 254 g/mol. The van der Waals surface area contributed by atoms with Gasteiger partial charge in [-0.1, -0.05) is 30.3 Å². The van der Waals surface area contributed by atoms with Gasteiger partial charge in [-0.15, -0.1) is 12.4 Å². The molecule has 2 rings (SSSR count). The first kappa shape index (κ1) is 14.0. The van der Waals surface area contributed by atoms with Crippen LogP contribution in [0.2, 0.25) is 0 Å². The molecule has 17 heavy (non-hydrogen) atoms. The number of amides is 1. The van der Waals surface area contributed by atoms with E-state index in [4.69, 9.17) is 5.73 Å². The van der Waals surface area contributed by atoms with Crippen molar-refractivity contribution < 1.29 is 4.79 Å². The third-order valence-electron chi connectivity index (χ3n) is 3.21.